The zero-order valence-electron chi connectivity index (χ0n) is 15.9. The summed E-state index contributed by atoms with van der Waals surface area (Å²) in [6.45, 7) is 0.878. The quantitative estimate of drug-likeness (QED) is 0.547. The SMILES string of the molecule is O=c1c2c(-c3noc(C4(O)CC4)n3)ncn2c2cccc(F)c2n1CC1CCCO1. The molecule has 0 radical (unpaired) electrons. The fraction of sp³-hybridized carbons (Fsp3) is 0.400. The number of imidazole rings is 1. The number of nitrogens with zero attached hydrogens (tertiary/aromatic N) is 5. The van der Waals surface area contributed by atoms with E-state index in [1.807, 2.05) is 0 Å². The molecule has 1 aromatic carbocycles. The number of aromatic nitrogens is 5. The van der Waals surface area contributed by atoms with E-state index in [9.17, 15) is 14.3 Å². The molecule has 4 heterocycles. The standard InChI is InChI=1S/C20H18FN5O4/c21-12-4-1-5-13-15(12)25(9-11-3-2-8-29-11)18(27)16-14(22-10-26(13)16)17-23-19(30-24-17)20(28)6-7-20/h1,4-5,10-11,28H,2-3,6-9H2. The fourth-order valence-corrected chi connectivity index (χ4v) is 4.10. The summed E-state index contributed by atoms with van der Waals surface area (Å²) < 4.78 is 28.6. The minimum absolute atomic E-state index is 0.115. The Hall–Kier alpha value is -3.11. The van der Waals surface area contributed by atoms with E-state index >= 15 is 0 Å². The maximum Gasteiger partial charge on any atom is 0.277 e. The summed E-state index contributed by atoms with van der Waals surface area (Å²) in [6, 6.07) is 4.66. The van der Waals surface area contributed by atoms with Gasteiger partial charge in [0, 0.05) is 6.61 Å². The van der Waals surface area contributed by atoms with Crippen LogP contribution in [0.15, 0.2) is 33.8 Å². The van der Waals surface area contributed by atoms with E-state index in [2.05, 4.69) is 15.1 Å². The van der Waals surface area contributed by atoms with Crippen molar-refractivity contribution < 1.29 is 18.8 Å². The first-order valence-electron chi connectivity index (χ1n) is 9.92. The van der Waals surface area contributed by atoms with Crippen LogP contribution in [0.5, 0.6) is 0 Å². The van der Waals surface area contributed by atoms with Crippen molar-refractivity contribution in [2.45, 2.75) is 43.9 Å². The van der Waals surface area contributed by atoms with Gasteiger partial charge in [-0.1, -0.05) is 11.2 Å². The summed E-state index contributed by atoms with van der Waals surface area (Å²) in [4.78, 5) is 22.1. The second kappa shape index (κ2) is 6.19. The Morgan fingerprint density at radius 1 is 1.30 bits per heavy atom. The minimum atomic E-state index is -1.09. The molecule has 30 heavy (non-hydrogen) atoms. The molecule has 1 aliphatic carbocycles. The van der Waals surface area contributed by atoms with Gasteiger partial charge in [0.25, 0.3) is 11.4 Å². The smallest absolute Gasteiger partial charge is 0.277 e. The highest BCUT2D eigenvalue weighted by atomic mass is 19.1. The lowest BCUT2D eigenvalue weighted by Crippen LogP contribution is -2.29. The summed E-state index contributed by atoms with van der Waals surface area (Å²) in [5.41, 5.74) is -0.336. The number of hydrogen-bond donors (Lipinski definition) is 1. The zero-order valence-corrected chi connectivity index (χ0v) is 15.9. The number of halogens is 1. The van der Waals surface area contributed by atoms with E-state index in [0.717, 1.165) is 12.8 Å². The van der Waals surface area contributed by atoms with Crippen LogP contribution >= 0.6 is 0 Å². The van der Waals surface area contributed by atoms with Gasteiger partial charge in [0.2, 0.25) is 5.82 Å². The highest BCUT2D eigenvalue weighted by molar-refractivity contribution is 5.84. The van der Waals surface area contributed by atoms with E-state index in [1.165, 1.54) is 17.0 Å². The summed E-state index contributed by atoms with van der Waals surface area (Å²) in [6.07, 6.45) is 4.13. The predicted molar refractivity (Wildman–Crippen MR) is 102 cm³/mol. The Morgan fingerprint density at radius 2 is 2.17 bits per heavy atom. The first kappa shape index (κ1) is 17.7. The van der Waals surface area contributed by atoms with Crippen LogP contribution in [0.1, 0.15) is 31.6 Å². The van der Waals surface area contributed by atoms with Gasteiger partial charge in [0.05, 0.1) is 18.2 Å². The van der Waals surface area contributed by atoms with Gasteiger partial charge in [-0.05, 0) is 37.8 Å². The van der Waals surface area contributed by atoms with Crippen LogP contribution in [0.3, 0.4) is 0 Å². The number of benzene rings is 1. The molecule has 1 N–H and O–H groups in total. The molecule has 6 rings (SSSR count). The molecule has 4 aromatic rings. The van der Waals surface area contributed by atoms with E-state index in [4.69, 9.17) is 9.26 Å². The number of para-hydroxylation sites is 1. The van der Waals surface area contributed by atoms with Gasteiger partial charge in [-0.2, -0.15) is 4.98 Å². The zero-order chi connectivity index (χ0) is 20.5. The van der Waals surface area contributed by atoms with Gasteiger partial charge in [-0.3, -0.25) is 13.8 Å². The molecule has 1 aliphatic heterocycles. The number of rotatable bonds is 4. The number of hydrogen-bond acceptors (Lipinski definition) is 7. The van der Waals surface area contributed by atoms with E-state index in [1.54, 1.807) is 16.5 Å². The third kappa shape index (κ3) is 2.53. The van der Waals surface area contributed by atoms with Crippen LogP contribution in [-0.2, 0) is 16.9 Å². The number of fused-ring (bicyclic) bond motifs is 3. The van der Waals surface area contributed by atoms with Gasteiger partial charge in [-0.25, -0.2) is 9.37 Å². The molecular weight excluding hydrogens is 393 g/mol. The lowest BCUT2D eigenvalue weighted by atomic mass is 10.2. The second-order valence-corrected chi connectivity index (χ2v) is 7.92. The van der Waals surface area contributed by atoms with Crippen molar-refractivity contribution in [2.75, 3.05) is 6.61 Å². The molecule has 3 aromatic heterocycles. The van der Waals surface area contributed by atoms with Crippen LogP contribution in [0.4, 0.5) is 4.39 Å². The van der Waals surface area contributed by atoms with E-state index in [0.29, 0.717) is 25.0 Å². The largest absolute Gasteiger partial charge is 0.380 e. The molecule has 2 fully saturated rings. The Kier molecular flexibility index (Phi) is 3.66. The molecular formula is C20H18FN5O4. The predicted octanol–water partition coefficient (Wildman–Crippen LogP) is 2.00. The normalized spacial score (nSPS) is 20.4. The molecule has 10 heteroatoms. The van der Waals surface area contributed by atoms with Crippen molar-refractivity contribution in [3.8, 4) is 11.5 Å². The van der Waals surface area contributed by atoms with Crippen molar-refractivity contribution >= 4 is 16.6 Å². The van der Waals surface area contributed by atoms with Crippen molar-refractivity contribution in [3.05, 3.63) is 46.6 Å². The Morgan fingerprint density at radius 3 is 2.93 bits per heavy atom. The monoisotopic (exact) mass is 411 g/mol. The van der Waals surface area contributed by atoms with Crippen molar-refractivity contribution in [3.63, 3.8) is 0 Å². The Bertz CT molecular complexity index is 1350. The summed E-state index contributed by atoms with van der Waals surface area (Å²) >= 11 is 0. The average molecular weight is 411 g/mol. The molecule has 1 atom stereocenters. The van der Waals surface area contributed by atoms with Crippen molar-refractivity contribution in [1.82, 2.24) is 24.1 Å². The molecule has 9 nitrogen and oxygen atoms in total. The minimum Gasteiger partial charge on any atom is -0.380 e. The average Bonchev–Trinajstić information content (AvgIpc) is 3.22. The molecule has 0 spiro atoms. The third-order valence-corrected chi connectivity index (χ3v) is 5.88. The van der Waals surface area contributed by atoms with Crippen LogP contribution in [0.2, 0.25) is 0 Å². The molecule has 2 aliphatic rings. The highest BCUT2D eigenvalue weighted by Gasteiger charge is 2.48. The first-order valence-corrected chi connectivity index (χ1v) is 9.92. The fourth-order valence-electron chi connectivity index (χ4n) is 4.10. The number of ether oxygens (including phenoxy) is 1. The topological polar surface area (TPSA) is 108 Å². The molecule has 1 unspecified atom stereocenters. The van der Waals surface area contributed by atoms with Crippen LogP contribution in [0, 0.1) is 5.82 Å². The molecule has 154 valence electrons. The summed E-state index contributed by atoms with van der Waals surface area (Å²) in [5.74, 6) is -0.257. The van der Waals surface area contributed by atoms with E-state index < -0.39 is 17.0 Å². The lowest BCUT2D eigenvalue weighted by molar-refractivity contribution is 0.0971. The second-order valence-electron chi connectivity index (χ2n) is 7.92. The van der Waals surface area contributed by atoms with Gasteiger partial charge >= 0.3 is 0 Å². The van der Waals surface area contributed by atoms with Crippen molar-refractivity contribution in [1.29, 1.82) is 0 Å². The maximum atomic E-state index is 14.8. The Balaban J connectivity index is 1.60. The molecule has 1 saturated carbocycles. The third-order valence-electron chi connectivity index (χ3n) is 5.88. The van der Waals surface area contributed by atoms with Gasteiger partial charge in [0.15, 0.2) is 0 Å². The molecule has 1 saturated heterocycles. The Labute approximate surface area is 168 Å². The highest BCUT2D eigenvalue weighted by Crippen LogP contribution is 2.44. The maximum absolute atomic E-state index is 14.8. The van der Waals surface area contributed by atoms with Crippen molar-refractivity contribution in [2.24, 2.45) is 0 Å². The van der Waals surface area contributed by atoms with Crippen LogP contribution in [-0.4, -0.2) is 41.9 Å². The van der Waals surface area contributed by atoms with Crippen LogP contribution in [0.25, 0.3) is 28.1 Å². The van der Waals surface area contributed by atoms with Crippen LogP contribution < -0.4 is 5.56 Å². The molecule has 0 amide bonds. The lowest BCUT2D eigenvalue weighted by Gasteiger charge is -2.16. The first-order chi connectivity index (χ1) is 14.5. The number of aliphatic hydroxyl groups is 1. The van der Waals surface area contributed by atoms with Gasteiger partial charge in [0.1, 0.15) is 34.5 Å². The van der Waals surface area contributed by atoms with Gasteiger partial charge in [-0.15, -0.1) is 0 Å². The summed E-state index contributed by atoms with van der Waals surface area (Å²) in [7, 11) is 0. The summed E-state index contributed by atoms with van der Waals surface area (Å²) in [5, 5.41) is 14.1. The van der Waals surface area contributed by atoms with Gasteiger partial charge < -0.3 is 14.4 Å². The molecule has 0 bridgehead atoms. The van der Waals surface area contributed by atoms with E-state index in [-0.39, 0.29) is 41.1 Å².